The summed E-state index contributed by atoms with van der Waals surface area (Å²) in [7, 11) is 0. The molecule has 0 aromatic rings. The summed E-state index contributed by atoms with van der Waals surface area (Å²) in [6.07, 6.45) is 39.2. The van der Waals surface area contributed by atoms with E-state index in [0.29, 0.717) is 6.10 Å². The number of hydrogen-bond acceptors (Lipinski definition) is 2. The van der Waals surface area contributed by atoms with Crippen LogP contribution in [0.3, 0.4) is 0 Å². The molecule has 0 heterocycles. The molecule has 0 radical (unpaired) electrons. The summed E-state index contributed by atoms with van der Waals surface area (Å²) in [6.45, 7) is 0. The van der Waals surface area contributed by atoms with Crippen LogP contribution in [0.4, 0.5) is 0 Å². The summed E-state index contributed by atoms with van der Waals surface area (Å²) in [5, 5.41) is 1.65. The molecular weight excluding hydrogens is 475 g/mol. The quantitative estimate of drug-likeness (QED) is 0.219. The SMILES string of the molecule is C1CCCCC(OC(SC2CCCCCCCCC2)=[SH]C2CCCCCCCCC2)CCCC1.[NaH]. The van der Waals surface area contributed by atoms with Gasteiger partial charge >= 0.3 is 29.6 Å². The van der Waals surface area contributed by atoms with Gasteiger partial charge in [-0.25, -0.2) is 0 Å². The van der Waals surface area contributed by atoms with E-state index in [0.717, 1.165) is 10.5 Å². The maximum atomic E-state index is 7.05. The molecule has 3 fully saturated rings. The monoisotopic (exact) mass is 534 g/mol. The first-order chi connectivity index (χ1) is 16.9. The summed E-state index contributed by atoms with van der Waals surface area (Å²) in [5.74, 6) is 0. The molecule has 0 aliphatic heterocycles. The van der Waals surface area contributed by atoms with E-state index in [4.69, 9.17) is 4.74 Å². The molecule has 202 valence electrons. The fraction of sp³-hybridized carbons (Fsp3) is 0.968. The predicted molar refractivity (Wildman–Crippen MR) is 166 cm³/mol. The van der Waals surface area contributed by atoms with E-state index in [2.05, 4.69) is 11.8 Å². The molecule has 3 aliphatic carbocycles. The van der Waals surface area contributed by atoms with Crippen molar-refractivity contribution in [3.63, 3.8) is 0 Å². The minimum absolute atomic E-state index is 0. The molecule has 1 nitrogen and oxygen atoms in total. The van der Waals surface area contributed by atoms with Gasteiger partial charge < -0.3 is 4.74 Å². The molecule has 0 aromatic heterocycles. The molecule has 3 rings (SSSR count). The van der Waals surface area contributed by atoms with Crippen molar-refractivity contribution in [1.29, 1.82) is 0 Å². The van der Waals surface area contributed by atoms with Gasteiger partial charge in [-0.05, 0) is 43.8 Å². The number of hydrogen-bond donors (Lipinski definition) is 1. The van der Waals surface area contributed by atoms with Gasteiger partial charge in [0.2, 0.25) is 0 Å². The molecule has 3 saturated carbocycles. The third kappa shape index (κ3) is 16.3. The van der Waals surface area contributed by atoms with E-state index in [-0.39, 0.29) is 29.6 Å². The van der Waals surface area contributed by atoms with Crippen LogP contribution in [-0.2, 0) is 4.74 Å². The second-order valence-electron chi connectivity index (χ2n) is 11.7. The van der Waals surface area contributed by atoms with E-state index < -0.39 is 0 Å². The molecule has 0 N–H and O–H groups in total. The zero-order valence-electron chi connectivity index (χ0n) is 22.6. The summed E-state index contributed by atoms with van der Waals surface area (Å²) < 4.78 is 8.50. The van der Waals surface area contributed by atoms with Crippen molar-refractivity contribution in [3.8, 4) is 0 Å². The van der Waals surface area contributed by atoms with Gasteiger partial charge in [-0.3, -0.25) is 0 Å². The number of thioether (sulfide) groups is 1. The van der Waals surface area contributed by atoms with Gasteiger partial charge in [0.15, 0.2) is 0 Å². The van der Waals surface area contributed by atoms with Crippen LogP contribution in [0.2, 0.25) is 0 Å². The third-order valence-electron chi connectivity index (χ3n) is 8.50. The summed E-state index contributed by atoms with van der Waals surface area (Å²) in [4.78, 5) is 0. The number of rotatable bonds is 3. The van der Waals surface area contributed by atoms with Crippen LogP contribution >= 0.6 is 23.1 Å². The van der Waals surface area contributed by atoms with E-state index in [9.17, 15) is 0 Å². The third-order valence-corrected chi connectivity index (χ3v) is 11.4. The van der Waals surface area contributed by atoms with Crippen molar-refractivity contribution < 1.29 is 4.74 Å². The molecule has 0 aromatic carbocycles. The van der Waals surface area contributed by atoms with Crippen molar-refractivity contribution in [2.24, 2.45) is 0 Å². The first-order valence-electron chi connectivity index (χ1n) is 15.8. The van der Waals surface area contributed by atoms with Gasteiger partial charge in [-0.1, -0.05) is 147 Å². The van der Waals surface area contributed by atoms with Gasteiger partial charge in [-0.2, -0.15) is 11.4 Å². The van der Waals surface area contributed by atoms with Gasteiger partial charge in [-0.15, -0.1) is 0 Å². The zero-order chi connectivity index (χ0) is 23.5. The number of ether oxygens (including phenoxy) is 1. The summed E-state index contributed by atoms with van der Waals surface area (Å²) in [6, 6.07) is 0. The maximum absolute atomic E-state index is 7.05. The molecule has 3 aliphatic rings. The van der Waals surface area contributed by atoms with Crippen molar-refractivity contribution in [2.75, 3.05) is 0 Å². The Kier molecular flexibility index (Phi) is 20.9. The fourth-order valence-corrected chi connectivity index (χ4v) is 9.54. The Hall–Kier alpha value is 1.53. The Labute approximate surface area is 250 Å². The van der Waals surface area contributed by atoms with Crippen LogP contribution in [0, 0.1) is 0 Å². The van der Waals surface area contributed by atoms with Gasteiger partial charge in [0.1, 0.15) is 4.38 Å². The summed E-state index contributed by atoms with van der Waals surface area (Å²) in [5.41, 5.74) is 0. The van der Waals surface area contributed by atoms with Crippen LogP contribution in [0.15, 0.2) is 0 Å². The molecular formula is C31H59NaOS2. The van der Waals surface area contributed by atoms with Crippen molar-refractivity contribution >= 4 is 57.1 Å². The average molecular weight is 535 g/mol. The van der Waals surface area contributed by atoms with Crippen LogP contribution in [0.25, 0.3) is 0 Å². The van der Waals surface area contributed by atoms with Crippen molar-refractivity contribution in [3.05, 3.63) is 0 Å². The molecule has 35 heavy (non-hydrogen) atoms. The average Bonchev–Trinajstić information content (AvgIpc) is 2.86. The van der Waals surface area contributed by atoms with E-state index in [1.807, 2.05) is 0 Å². The molecule has 0 unspecified atom stereocenters. The standard InChI is InChI=1S/C31H58OS2.Na.H/c1-4-10-16-22-28(23-17-11-5-1)32-31(33-29-24-18-12-6-2-7-13-19-25-29)34-30-26-20-14-8-3-9-15-21-27-30;;/h28-30,33H,1-27H2;;. The second-order valence-corrected chi connectivity index (χ2v) is 14.7. The molecule has 0 amide bonds. The van der Waals surface area contributed by atoms with E-state index in [1.54, 1.807) is 11.4 Å². The van der Waals surface area contributed by atoms with Crippen molar-refractivity contribution in [1.82, 2.24) is 0 Å². The summed E-state index contributed by atoms with van der Waals surface area (Å²) >= 11 is 3.79. The minimum atomic E-state index is 0. The van der Waals surface area contributed by atoms with Crippen LogP contribution in [-0.4, -0.2) is 50.5 Å². The first kappa shape index (κ1) is 32.7. The Morgan fingerprint density at radius 1 is 0.457 bits per heavy atom. The van der Waals surface area contributed by atoms with E-state index >= 15 is 0 Å². The zero-order valence-corrected chi connectivity index (χ0v) is 24.3. The Bertz CT molecular complexity index is 466. The number of thiol groups is 1. The molecule has 4 heteroatoms. The molecule has 0 bridgehead atoms. The van der Waals surface area contributed by atoms with Crippen LogP contribution < -0.4 is 0 Å². The van der Waals surface area contributed by atoms with Gasteiger partial charge in [0.05, 0.1) is 6.10 Å². The fourth-order valence-electron chi connectivity index (χ4n) is 6.22. The van der Waals surface area contributed by atoms with Gasteiger partial charge in [0.25, 0.3) is 0 Å². The van der Waals surface area contributed by atoms with E-state index in [1.165, 1.54) is 178 Å². The molecule has 0 atom stereocenters. The molecule has 0 spiro atoms. The van der Waals surface area contributed by atoms with Crippen LogP contribution in [0.5, 0.6) is 0 Å². The van der Waals surface area contributed by atoms with Gasteiger partial charge in [0, 0.05) is 5.25 Å². The predicted octanol–water partition coefficient (Wildman–Crippen LogP) is 10.3. The first-order valence-corrected chi connectivity index (χ1v) is 17.7. The molecule has 0 saturated heterocycles. The van der Waals surface area contributed by atoms with Crippen molar-refractivity contribution in [2.45, 2.75) is 190 Å². The Morgan fingerprint density at radius 2 is 0.800 bits per heavy atom. The normalized spacial score (nSPS) is 25.5. The topological polar surface area (TPSA) is 9.23 Å². The second kappa shape index (κ2) is 22.4. The van der Waals surface area contributed by atoms with Crippen LogP contribution in [0.1, 0.15) is 173 Å². The Balaban J connectivity index is 0.00000432. The Morgan fingerprint density at radius 3 is 1.23 bits per heavy atom.